The zero-order valence-electron chi connectivity index (χ0n) is 20.2. The Hall–Kier alpha value is -2.24. The van der Waals surface area contributed by atoms with E-state index < -0.39 is 23.6 Å². The lowest BCUT2D eigenvalue weighted by atomic mass is 10.1. The summed E-state index contributed by atoms with van der Waals surface area (Å²) >= 11 is 1.64. The number of hydrogen-bond donors (Lipinski definition) is 1. The zero-order valence-corrected chi connectivity index (χ0v) is 21.0. The minimum Gasteiger partial charge on any atom is -0.321 e. The number of halogens is 4. The summed E-state index contributed by atoms with van der Waals surface area (Å²) in [6, 6.07) is 2.17. The van der Waals surface area contributed by atoms with E-state index in [1.807, 2.05) is 11.6 Å². The third kappa shape index (κ3) is 5.10. The normalized spacial score (nSPS) is 26.6. The molecule has 2 aromatic rings. The highest BCUT2D eigenvalue weighted by Crippen LogP contribution is 2.65. The summed E-state index contributed by atoms with van der Waals surface area (Å²) in [5, 5.41) is 5.71. The van der Waals surface area contributed by atoms with Gasteiger partial charge in [0.2, 0.25) is 0 Å². The topological polar surface area (TPSA) is 51.7 Å². The fourth-order valence-corrected chi connectivity index (χ4v) is 6.84. The second kappa shape index (κ2) is 9.90. The number of thiazole rings is 1. The van der Waals surface area contributed by atoms with Gasteiger partial charge in [-0.25, -0.2) is 14.2 Å². The summed E-state index contributed by atoms with van der Waals surface area (Å²) in [4.78, 5) is 24.4. The molecule has 196 valence electrons. The van der Waals surface area contributed by atoms with Gasteiger partial charge in [0.1, 0.15) is 5.82 Å². The number of nitrogens with one attached hydrogen (secondary N) is 1. The van der Waals surface area contributed by atoms with Gasteiger partial charge < -0.3 is 20.0 Å². The molecule has 2 aliphatic carbocycles. The van der Waals surface area contributed by atoms with Crippen LogP contribution in [0.3, 0.4) is 0 Å². The number of hydrogen-bond acceptors (Lipinski definition) is 5. The molecule has 11 heteroatoms. The number of urea groups is 1. The first-order valence-corrected chi connectivity index (χ1v) is 13.3. The smallest absolute Gasteiger partial charge is 0.321 e. The number of carbonyl (C=O) groups is 1. The van der Waals surface area contributed by atoms with Crippen LogP contribution in [0, 0.1) is 11.7 Å². The number of aromatic nitrogens is 1. The molecule has 0 spiro atoms. The van der Waals surface area contributed by atoms with Gasteiger partial charge in [0, 0.05) is 61.4 Å². The molecular formula is C25H31F4N5OS. The number of fused-ring (bicyclic) bond motifs is 1. The maximum Gasteiger partial charge on any atom is 0.419 e. The molecule has 0 radical (unpaired) electrons. The fourth-order valence-electron chi connectivity index (χ4n) is 5.90. The third-order valence-corrected chi connectivity index (χ3v) is 8.99. The average Bonchev–Trinajstić information content (AvgIpc) is 3.17. The fraction of sp³-hybridized carbons (Fsp3) is 0.600. The average molecular weight is 526 g/mol. The molecular weight excluding hydrogens is 494 g/mol. The lowest BCUT2D eigenvalue weighted by Gasteiger charge is -2.34. The summed E-state index contributed by atoms with van der Waals surface area (Å²) < 4.78 is 53.3. The molecule has 1 saturated heterocycles. The molecule has 3 atom stereocenters. The van der Waals surface area contributed by atoms with Crippen LogP contribution in [-0.2, 0) is 11.6 Å². The molecule has 2 heterocycles. The number of benzene rings is 1. The van der Waals surface area contributed by atoms with Gasteiger partial charge in [-0.15, -0.1) is 11.3 Å². The minimum absolute atomic E-state index is 0.00363. The van der Waals surface area contributed by atoms with Crippen LogP contribution in [0.15, 0.2) is 29.8 Å². The number of anilines is 1. The Labute approximate surface area is 212 Å². The Morgan fingerprint density at radius 3 is 2.72 bits per heavy atom. The molecule has 36 heavy (non-hydrogen) atoms. The number of nitrogens with zero attached hydrogens (tertiary/aromatic N) is 4. The van der Waals surface area contributed by atoms with E-state index in [4.69, 9.17) is 0 Å². The van der Waals surface area contributed by atoms with E-state index in [1.54, 1.807) is 16.2 Å². The summed E-state index contributed by atoms with van der Waals surface area (Å²) in [6.45, 7) is 5.37. The van der Waals surface area contributed by atoms with E-state index in [0.29, 0.717) is 18.5 Å². The minimum atomic E-state index is -4.83. The number of alkyl halides is 3. The third-order valence-electron chi connectivity index (χ3n) is 8.00. The molecule has 1 aromatic carbocycles. The van der Waals surface area contributed by atoms with E-state index in [-0.39, 0.29) is 17.1 Å². The lowest BCUT2D eigenvalue weighted by molar-refractivity contribution is -0.139. The lowest BCUT2D eigenvalue weighted by Crippen LogP contribution is -2.47. The van der Waals surface area contributed by atoms with Crippen LogP contribution in [0.1, 0.15) is 36.3 Å². The second-order valence-corrected chi connectivity index (χ2v) is 11.1. The van der Waals surface area contributed by atoms with Gasteiger partial charge in [-0.2, -0.15) is 13.2 Å². The number of amides is 2. The van der Waals surface area contributed by atoms with Crippen LogP contribution in [0.25, 0.3) is 0 Å². The summed E-state index contributed by atoms with van der Waals surface area (Å²) in [5.74, 6) is -1.05. The molecule has 6 nitrogen and oxygen atoms in total. The quantitative estimate of drug-likeness (QED) is 0.523. The van der Waals surface area contributed by atoms with Gasteiger partial charge >= 0.3 is 12.2 Å². The van der Waals surface area contributed by atoms with Gasteiger partial charge in [0.25, 0.3) is 0 Å². The van der Waals surface area contributed by atoms with Gasteiger partial charge in [0.05, 0.1) is 10.6 Å². The van der Waals surface area contributed by atoms with Crippen LogP contribution in [-0.4, -0.2) is 78.1 Å². The van der Waals surface area contributed by atoms with Gasteiger partial charge in [-0.3, -0.25) is 0 Å². The van der Waals surface area contributed by atoms with Crippen molar-refractivity contribution in [3.8, 4) is 0 Å². The van der Waals surface area contributed by atoms with Crippen molar-refractivity contribution in [2.24, 2.45) is 5.92 Å². The summed E-state index contributed by atoms with van der Waals surface area (Å²) in [7, 11) is 2.10. The van der Waals surface area contributed by atoms with Gasteiger partial charge in [-0.05, 0) is 63.4 Å². The number of piperazine rings is 1. The molecule has 3 aliphatic rings. The molecule has 1 aliphatic heterocycles. The Bertz CT molecular complexity index is 1070. The standard InChI is InChI=1S/C25H31F4N5OS/c1-32-10-12-33(13-11-32)8-2-9-34(21-5-6-24(16-19(21)24)22-30-7-14-36-22)23(35)31-17-3-4-20(26)18(15-17)25(27,28)29/h3-4,7,14-15,19,21H,2,5-6,8-13,16H2,1H3,(H,31,35)/t19-,21-,24+/m1/s1. The Kier molecular flexibility index (Phi) is 6.99. The summed E-state index contributed by atoms with van der Waals surface area (Å²) in [6.07, 6.45) is 0.519. The predicted molar refractivity (Wildman–Crippen MR) is 131 cm³/mol. The monoisotopic (exact) mass is 525 g/mol. The van der Waals surface area contributed by atoms with E-state index in [9.17, 15) is 22.4 Å². The molecule has 1 N–H and O–H groups in total. The zero-order chi connectivity index (χ0) is 25.5. The van der Waals surface area contributed by atoms with Crippen molar-refractivity contribution in [2.45, 2.75) is 43.3 Å². The molecule has 5 rings (SSSR count). The maximum atomic E-state index is 13.8. The predicted octanol–water partition coefficient (Wildman–Crippen LogP) is 4.89. The highest BCUT2D eigenvalue weighted by Gasteiger charge is 2.65. The highest BCUT2D eigenvalue weighted by molar-refractivity contribution is 7.09. The first-order valence-electron chi connectivity index (χ1n) is 12.4. The Balaban J connectivity index is 1.30. The van der Waals surface area contributed by atoms with Crippen molar-refractivity contribution >= 4 is 23.1 Å². The van der Waals surface area contributed by atoms with Crippen LogP contribution in [0.2, 0.25) is 0 Å². The molecule has 1 aromatic heterocycles. The molecule has 0 unspecified atom stereocenters. The molecule has 0 bridgehead atoms. The maximum absolute atomic E-state index is 13.8. The van der Waals surface area contributed by atoms with E-state index >= 15 is 0 Å². The number of carbonyl (C=O) groups excluding carboxylic acids is 1. The van der Waals surface area contributed by atoms with Crippen LogP contribution < -0.4 is 5.32 Å². The van der Waals surface area contributed by atoms with Crippen LogP contribution >= 0.6 is 11.3 Å². The van der Waals surface area contributed by atoms with Gasteiger partial charge in [-0.1, -0.05) is 0 Å². The van der Waals surface area contributed by atoms with Crippen molar-refractivity contribution in [3.05, 3.63) is 46.2 Å². The van der Waals surface area contributed by atoms with Crippen LogP contribution in [0.5, 0.6) is 0 Å². The van der Waals surface area contributed by atoms with Crippen molar-refractivity contribution < 1.29 is 22.4 Å². The summed E-state index contributed by atoms with van der Waals surface area (Å²) in [5.41, 5.74) is -1.42. The van der Waals surface area contributed by atoms with Crippen LogP contribution in [0.4, 0.5) is 28.0 Å². The molecule has 2 saturated carbocycles. The molecule has 2 amide bonds. The van der Waals surface area contributed by atoms with E-state index in [2.05, 4.69) is 27.1 Å². The van der Waals surface area contributed by atoms with E-state index in [1.165, 1.54) is 6.07 Å². The number of rotatable bonds is 7. The Morgan fingerprint density at radius 1 is 1.28 bits per heavy atom. The van der Waals surface area contributed by atoms with Crippen molar-refractivity contribution in [3.63, 3.8) is 0 Å². The van der Waals surface area contributed by atoms with Gasteiger partial charge in [0.15, 0.2) is 0 Å². The molecule has 3 fully saturated rings. The first kappa shape index (κ1) is 25.4. The largest absolute Gasteiger partial charge is 0.419 e. The SMILES string of the molecule is CN1CCN(CCCN(C(=O)Nc2ccc(F)c(C(F)(F)F)c2)[C@@H]2CC[C@]3(c4nccs4)C[C@H]23)CC1. The first-order chi connectivity index (χ1) is 17.2. The Morgan fingerprint density at radius 2 is 2.06 bits per heavy atom. The van der Waals surface area contributed by atoms with Crippen molar-refractivity contribution in [2.75, 3.05) is 51.6 Å². The second-order valence-electron chi connectivity index (χ2n) is 10.2. The van der Waals surface area contributed by atoms with E-state index in [0.717, 1.165) is 69.5 Å². The van der Waals surface area contributed by atoms with Crippen molar-refractivity contribution in [1.82, 2.24) is 19.7 Å². The van der Waals surface area contributed by atoms with Crippen molar-refractivity contribution in [1.29, 1.82) is 0 Å². The highest BCUT2D eigenvalue weighted by atomic mass is 32.1. The number of likely N-dealkylation sites (N-methyl/N-ethyl adjacent to an activating group) is 1.